The van der Waals surface area contributed by atoms with Crippen LogP contribution in [-0.2, 0) is 0 Å². The first-order chi connectivity index (χ1) is 15.2. The number of hydrogen-bond acceptors (Lipinski definition) is 5. The molecule has 0 bridgehead atoms. The third-order valence-corrected chi connectivity index (χ3v) is 6.00. The monoisotopic (exact) mass is 446 g/mol. The van der Waals surface area contributed by atoms with Crippen LogP contribution in [0.25, 0.3) is 16.7 Å². The van der Waals surface area contributed by atoms with Gasteiger partial charge in [-0.3, -0.25) is 9.36 Å². The van der Waals surface area contributed by atoms with Crippen molar-refractivity contribution >= 4 is 22.8 Å². The Morgan fingerprint density at radius 3 is 2.66 bits per heavy atom. The Morgan fingerprint density at radius 1 is 1.25 bits per heavy atom. The maximum Gasteiger partial charge on any atom is 0.341 e. The number of halogens is 3. The highest BCUT2D eigenvalue weighted by molar-refractivity contribution is 5.92. The second-order valence-corrected chi connectivity index (χ2v) is 7.88. The normalized spacial score (nSPS) is 17.2. The molecule has 1 saturated heterocycles. The molecule has 3 aromatic rings. The lowest BCUT2D eigenvalue weighted by Gasteiger charge is -2.22. The van der Waals surface area contributed by atoms with Crippen molar-refractivity contribution in [2.75, 3.05) is 25.0 Å². The predicted octanol–water partition coefficient (Wildman–Crippen LogP) is 2.94. The van der Waals surface area contributed by atoms with Crippen LogP contribution < -0.4 is 15.6 Å². The van der Waals surface area contributed by atoms with Crippen molar-refractivity contribution in [3.05, 3.63) is 63.7 Å². The number of nitrogens with zero attached hydrogens (tertiary/aromatic N) is 3. The van der Waals surface area contributed by atoms with Gasteiger partial charge < -0.3 is 15.3 Å². The summed E-state index contributed by atoms with van der Waals surface area (Å²) in [5, 5.41) is 12.3. The summed E-state index contributed by atoms with van der Waals surface area (Å²) in [6.45, 7) is 3.09. The lowest BCUT2D eigenvalue weighted by atomic mass is 10.0. The Kier molecular flexibility index (Phi) is 5.64. The van der Waals surface area contributed by atoms with Crippen molar-refractivity contribution in [1.29, 1.82) is 0 Å². The average Bonchev–Trinajstić information content (AvgIpc) is 3.23. The molecule has 10 heteroatoms. The molecule has 0 aliphatic carbocycles. The van der Waals surface area contributed by atoms with Crippen molar-refractivity contribution < 1.29 is 23.1 Å². The van der Waals surface area contributed by atoms with E-state index in [1.807, 2.05) is 14.0 Å². The van der Waals surface area contributed by atoms with E-state index in [0.717, 1.165) is 35.4 Å². The van der Waals surface area contributed by atoms with Gasteiger partial charge in [0.2, 0.25) is 5.43 Å². The maximum absolute atomic E-state index is 15.0. The van der Waals surface area contributed by atoms with Crippen molar-refractivity contribution in [2.24, 2.45) is 5.92 Å². The van der Waals surface area contributed by atoms with Crippen LogP contribution in [0.15, 0.2) is 35.3 Å². The molecule has 168 valence electrons. The maximum atomic E-state index is 15.0. The minimum absolute atomic E-state index is 0.0120. The number of carboxylic acids is 1. The first-order valence-corrected chi connectivity index (χ1v) is 10.1. The fourth-order valence-corrected chi connectivity index (χ4v) is 4.07. The number of carboxylic acid groups (broad SMARTS) is 1. The van der Waals surface area contributed by atoms with Crippen LogP contribution >= 0.6 is 0 Å². The molecule has 0 spiro atoms. The Bertz CT molecular complexity index is 1280. The van der Waals surface area contributed by atoms with Gasteiger partial charge in [-0.15, -0.1) is 0 Å². The molecule has 1 aromatic carbocycles. The van der Waals surface area contributed by atoms with E-state index >= 15 is 4.39 Å². The number of carbonyl (C=O) groups is 1. The molecular weight excluding hydrogens is 425 g/mol. The summed E-state index contributed by atoms with van der Waals surface area (Å²) in [5.74, 6) is -3.90. The number of nitrogens with one attached hydrogen (secondary N) is 1. The fraction of sp³-hybridized carbons (Fsp3) is 0.318. The molecule has 3 heterocycles. The van der Waals surface area contributed by atoms with E-state index in [2.05, 4.69) is 10.3 Å². The third kappa shape index (κ3) is 3.70. The van der Waals surface area contributed by atoms with Crippen LogP contribution in [-0.4, -0.2) is 46.8 Å². The van der Waals surface area contributed by atoms with E-state index in [-0.39, 0.29) is 34.5 Å². The van der Waals surface area contributed by atoms with Crippen LogP contribution in [0, 0.1) is 23.4 Å². The summed E-state index contributed by atoms with van der Waals surface area (Å²) < 4.78 is 44.0. The van der Waals surface area contributed by atoms with E-state index in [4.69, 9.17) is 0 Å². The second-order valence-electron chi connectivity index (χ2n) is 7.88. The summed E-state index contributed by atoms with van der Waals surface area (Å²) >= 11 is 0. The average molecular weight is 446 g/mol. The fourth-order valence-electron chi connectivity index (χ4n) is 4.07. The lowest BCUT2D eigenvalue weighted by Crippen LogP contribution is -2.33. The Morgan fingerprint density at radius 2 is 2.00 bits per heavy atom. The quantitative estimate of drug-likeness (QED) is 0.627. The molecule has 0 amide bonds. The molecule has 7 nitrogen and oxygen atoms in total. The van der Waals surface area contributed by atoms with Crippen LogP contribution in [0.5, 0.6) is 0 Å². The third-order valence-electron chi connectivity index (χ3n) is 6.00. The number of benzene rings is 1. The summed E-state index contributed by atoms with van der Waals surface area (Å²) in [6.07, 6.45) is 1.73. The number of fused-ring (bicyclic) bond motifs is 1. The van der Waals surface area contributed by atoms with Gasteiger partial charge in [0.05, 0.1) is 11.1 Å². The molecule has 1 fully saturated rings. The number of rotatable bonds is 5. The van der Waals surface area contributed by atoms with Crippen molar-refractivity contribution in [3.8, 4) is 5.69 Å². The highest BCUT2D eigenvalue weighted by Gasteiger charge is 2.30. The van der Waals surface area contributed by atoms with E-state index in [9.17, 15) is 23.5 Å². The largest absolute Gasteiger partial charge is 0.477 e. The molecule has 1 aliphatic heterocycles. The molecule has 2 atom stereocenters. The van der Waals surface area contributed by atoms with Gasteiger partial charge >= 0.3 is 5.97 Å². The summed E-state index contributed by atoms with van der Waals surface area (Å²) in [5.41, 5.74) is -1.95. The van der Waals surface area contributed by atoms with Gasteiger partial charge in [-0.05, 0) is 44.5 Å². The van der Waals surface area contributed by atoms with E-state index in [0.29, 0.717) is 19.2 Å². The van der Waals surface area contributed by atoms with Crippen molar-refractivity contribution in [1.82, 2.24) is 14.9 Å². The number of aromatic carboxylic acids is 1. The molecular formula is C22H21F3N4O3. The molecule has 4 rings (SSSR count). The number of anilines is 1. The topological polar surface area (TPSA) is 87.5 Å². The second kappa shape index (κ2) is 8.27. The molecule has 32 heavy (non-hydrogen) atoms. The molecule has 2 aromatic heterocycles. The molecule has 1 aliphatic rings. The van der Waals surface area contributed by atoms with E-state index < -0.39 is 34.4 Å². The lowest BCUT2D eigenvalue weighted by molar-refractivity contribution is 0.0695. The zero-order chi connectivity index (χ0) is 23.2. The first kappa shape index (κ1) is 21.8. The molecule has 2 N–H and O–H groups in total. The molecule has 0 saturated carbocycles. The van der Waals surface area contributed by atoms with Crippen molar-refractivity contribution in [3.63, 3.8) is 0 Å². The summed E-state index contributed by atoms with van der Waals surface area (Å²) in [7, 11) is 1.85. The van der Waals surface area contributed by atoms with Gasteiger partial charge in [0.25, 0.3) is 0 Å². The van der Waals surface area contributed by atoms with Crippen LogP contribution in [0.1, 0.15) is 23.7 Å². The van der Waals surface area contributed by atoms with E-state index in [1.165, 1.54) is 0 Å². The van der Waals surface area contributed by atoms with Gasteiger partial charge in [0, 0.05) is 31.4 Å². The zero-order valence-electron chi connectivity index (χ0n) is 17.4. The Labute approximate surface area is 181 Å². The highest BCUT2D eigenvalue weighted by Crippen LogP contribution is 2.29. The standard InChI is InChI=1S/C22H21F3N4O3/c1-11(26-2)12-5-6-28(9-12)21-17(25)8-14-19(30)15(22(31)32)10-29(20(14)27-21)18-4-3-13(23)7-16(18)24/h3-4,7-8,10-12,26H,5-6,9H2,1-2H3,(H,31,32). The number of pyridine rings is 2. The minimum atomic E-state index is -1.55. The predicted molar refractivity (Wildman–Crippen MR) is 113 cm³/mol. The SMILES string of the molecule is CNC(C)C1CCN(c2nc3c(cc2F)c(=O)c(C(=O)O)cn3-c2ccc(F)cc2F)C1. The number of aromatic nitrogens is 2. The van der Waals surface area contributed by atoms with Crippen LogP contribution in [0.2, 0.25) is 0 Å². The summed E-state index contributed by atoms with van der Waals surface area (Å²) in [4.78, 5) is 30.3. The first-order valence-electron chi connectivity index (χ1n) is 10.1. The smallest absolute Gasteiger partial charge is 0.341 e. The Hall–Kier alpha value is -3.40. The Balaban J connectivity index is 1.94. The number of hydrogen-bond donors (Lipinski definition) is 2. The highest BCUT2D eigenvalue weighted by atomic mass is 19.1. The zero-order valence-corrected chi connectivity index (χ0v) is 17.4. The van der Waals surface area contributed by atoms with Crippen molar-refractivity contribution in [2.45, 2.75) is 19.4 Å². The van der Waals surface area contributed by atoms with Gasteiger partial charge in [0.1, 0.15) is 17.2 Å². The van der Waals surface area contributed by atoms with Crippen LogP contribution in [0.3, 0.4) is 0 Å². The minimum Gasteiger partial charge on any atom is -0.477 e. The molecule has 0 radical (unpaired) electrons. The van der Waals surface area contributed by atoms with Gasteiger partial charge in [-0.1, -0.05) is 0 Å². The van der Waals surface area contributed by atoms with Gasteiger partial charge in [0.15, 0.2) is 17.3 Å². The molecule has 2 unspecified atom stereocenters. The van der Waals surface area contributed by atoms with Gasteiger partial charge in [-0.2, -0.15) is 0 Å². The van der Waals surface area contributed by atoms with E-state index in [1.54, 1.807) is 4.90 Å². The summed E-state index contributed by atoms with van der Waals surface area (Å²) in [6, 6.07) is 3.87. The van der Waals surface area contributed by atoms with Crippen LogP contribution in [0.4, 0.5) is 19.0 Å². The van der Waals surface area contributed by atoms with Gasteiger partial charge in [-0.25, -0.2) is 22.9 Å².